The summed E-state index contributed by atoms with van der Waals surface area (Å²) in [5.41, 5.74) is 0.739. The van der Waals surface area contributed by atoms with E-state index in [1.165, 1.54) is 31.7 Å². The van der Waals surface area contributed by atoms with Gasteiger partial charge in [0.2, 0.25) is 5.91 Å². The molecule has 0 bridgehead atoms. The summed E-state index contributed by atoms with van der Waals surface area (Å²) in [6.45, 7) is 3.01. The van der Waals surface area contributed by atoms with Gasteiger partial charge < -0.3 is 10.1 Å². The molecule has 1 aliphatic heterocycles. The molecule has 28 heavy (non-hydrogen) atoms. The van der Waals surface area contributed by atoms with Crippen LogP contribution in [0.4, 0.5) is 8.78 Å². The first kappa shape index (κ1) is 21.5. The molecule has 1 atom stereocenters. The molecule has 3 rings (SSSR count). The largest absolute Gasteiger partial charge is 0.374 e. The van der Waals surface area contributed by atoms with E-state index in [9.17, 15) is 13.6 Å². The molecule has 0 aromatic heterocycles. The second-order valence-corrected chi connectivity index (χ2v) is 9.07. The van der Waals surface area contributed by atoms with Crippen molar-refractivity contribution in [2.45, 2.75) is 56.4 Å². The molecule has 1 amide bonds. The number of nitrogens with one attached hydrogen (secondary N) is 1. The van der Waals surface area contributed by atoms with E-state index in [4.69, 9.17) is 4.74 Å². The molecule has 1 N–H and O–H groups in total. The number of thioether (sulfide) groups is 1. The highest BCUT2D eigenvalue weighted by Crippen LogP contribution is 2.29. The Bertz CT molecular complexity index is 641. The molecule has 7 heteroatoms. The molecule has 4 nitrogen and oxygen atoms in total. The van der Waals surface area contributed by atoms with Crippen LogP contribution >= 0.6 is 11.8 Å². The molecule has 2 fully saturated rings. The third kappa shape index (κ3) is 7.01. The maximum absolute atomic E-state index is 13.4. The Morgan fingerprint density at radius 1 is 1.25 bits per heavy atom. The van der Waals surface area contributed by atoms with E-state index in [2.05, 4.69) is 10.2 Å². The number of halogens is 2. The lowest BCUT2D eigenvalue weighted by atomic mass is 10.1. The highest BCUT2D eigenvalue weighted by atomic mass is 32.2. The van der Waals surface area contributed by atoms with Gasteiger partial charge in [-0.15, -0.1) is 0 Å². The van der Waals surface area contributed by atoms with Crippen molar-refractivity contribution < 1.29 is 18.3 Å². The van der Waals surface area contributed by atoms with E-state index in [1.807, 2.05) is 11.8 Å². The summed E-state index contributed by atoms with van der Waals surface area (Å²) in [7, 11) is 0. The minimum Gasteiger partial charge on any atom is -0.374 e. The minimum atomic E-state index is -0.826. The van der Waals surface area contributed by atoms with Crippen LogP contribution in [-0.2, 0) is 16.1 Å². The van der Waals surface area contributed by atoms with Gasteiger partial charge in [0, 0.05) is 37.8 Å². The van der Waals surface area contributed by atoms with Crippen LogP contribution in [0.25, 0.3) is 0 Å². The molecule has 2 aliphatic rings. The molecule has 1 aliphatic carbocycles. The van der Waals surface area contributed by atoms with Crippen molar-refractivity contribution in [1.29, 1.82) is 0 Å². The average Bonchev–Trinajstić information content (AvgIpc) is 3.20. The van der Waals surface area contributed by atoms with E-state index in [0.29, 0.717) is 32.7 Å². The molecule has 0 spiro atoms. The zero-order valence-corrected chi connectivity index (χ0v) is 17.1. The van der Waals surface area contributed by atoms with Crippen molar-refractivity contribution >= 4 is 17.7 Å². The number of morpholine rings is 1. The average molecular weight is 413 g/mol. The lowest BCUT2D eigenvalue weighted by Gasteiger charge is -2.33. The van der Waals surface area contributed by atoms with Crippen LogP contribution in [0.15, 0.2) is 18.2 Å². The van der Waals surface area contributed by atoms with Gasteiger partial charge >= 0.3 is 0 Å². The van der Waals surface area contributed by atoms with Crippen LogP contribution in [0.2, 0.25) is 0 Å². The number of carbonyl (C=O) groups excluding carboxylic acids is 1. The monoisotopic (exact) mass is 412 g/mol. The standard InChI is InChI=1S/C21H30F2N2O2S/c22-19-8-7-16(12-20(19)23)14-25-9-10-27-17(15-25)13-24-21(26)6-3-11-28-18-4-1-2-5-18/h7-8,12,17-18H,1-6,9-11,13-15H2,(H,24,26). The van der Waals surface area contributed by atoms with Crippen LogP contribution in [-0.4, -0.2) is 54.2 Å². The normalized spacial score (nSPS) is 21.1. The quantitative estimate of drug-likeness (QED) is 0.628. The van der Waals surface area contributed by atoms with Gasteiger partial charge in [-0.25, -0.2) is 8.78 Å². The van der Waals surface area contributed by atoms with Gasteiger partial charge in [0.05, 0.1) is 12.7 Å². The number of benzene rings is 1. The van der Waals surface area contributed by atoms with Crippen LogP contribution in [0, 0.1) is 11.6 Å². The number of carbonyl (C=O) groups is 1. The zero-order chi connectivity index (χ0) is 19.8. The Labute approximate surface area is 170 Å². The molecular formula is C21H30F2N2O2S. The molecule has 156 valence electrons. The highest BCUT2D eigenvalue weighted by Gasteiger charge is 2.21. The summed E-state index contributed by atoms with van der Waals surface area (Å²) in [4.78, 5) is 14.2. The Morgan fingerprint density at radius 2 is 2.07 bits per heavy atom. The summed E-state index contributed by atoms with van der Waals surface area (Å²) in [6, 6.07) is 4.01. The Morgan fingerprint density at radius 3 is 2.86 bits per heavy atom. The van der Waals surface area contributed by atoms with E-state index in [-0.39, 0.29) is 12.0 Å². The highest BCUT2D eigenvalue weighted by molar-refractivity contribution is 7.99. The van der Waals surface area contributed by atoms with E-state index in [1.54, 1.807) is 6.07 Å². The Balaban J connectivity index is 1.31. The van der Waals surface area contributed by atoms with E-state index >= 15 is 0 Å². The van der Waals surface area contributed by atoms with Gasteiger partial charge in [-0.3, -0.25) is 9.69 Å². The van der Waals surface area contributed by atoms with E-state index < -0.39 is 11.6 Å². The minimum absolute atomic E-state index is 0.0733. The van der Waals surface area contributed by atoms with Gasteiger partial charge in [-0.05, 0) is 42.7 Å². The molecule has 1 saturated carbocycles. The van der Waals surface area contributed by atoms with Crippen molar-refractivity contribution in [1.82, 2.24) is 10.2 Å². The number of nitrogens with zero attached hydrogens (tertiary/aromatic N) is 1. The molecule has 1 unspecified atom stereocenters. The molecule has 1 aromatic carbocycles. The number of hydrogen-bond acceptors (Lipinski definition) is 4. The molecule has 1 heterocycles. The second-order valence-electron chi connectivity index (χ2n) is 7.66. The number of rotatable bonds is 9. The first-order valence-corrected chi connectivity index (χ1v) is 11.3. The number of ether oxygens (including phenoxy) is 1. The second kappa shape index (κ2) is 11.1. The predicted octanol–water partition coefficient (Wildman–Crippen LogP) is 3.74. The zero-order valence-electron chi connectivity index (χ0n) is 16.3. The van der Waals surface area contributed by atoms with Gasteiger partial charge in [-0.2, -0.15) is 11.8 Å². The Hall–Kier alpha value is -1.18. The van der Waals surface area contributed by atoms with E-state index in [0.717, 1.165) is 35.6 Å². The SMILES string of the molecule is O=C(CCCSC1CCCC1)NCC1CN(Cc2ccc(F)c(F)c2)CCO1. The summed E-state index contributed by atoms with van der Waals surface area (Å²) in [5, 5.41) is 3.78. The Kier molecular flexibility index (Phi) is 8.55. The van der Waals surface area contributed by atoms with Crippen molar-refractivity contribution in [2.75, 3.05) is 32.0 Å². The number of amides is 1. The molecule has 0 radical (unpaired) electrons. The summed E-state index contributed by atoms with van der Waals surface area (Å²) in [5.74, 6) is -0.512. The van der Waals surface area contributed by atoms with Crippen LogP contribution in [0.5, 0.6) is 0 Å². The molecule has 1 aromatic rings. The van der Waals surface area contributed by atoms with Crippen molar-refractivity contribution in [3.63, 3.8) is 0 Å². The maximum atomic E-state index is 13.4. The van der Waals surface area contributed by atoms with Crippen molar-refractivity contribution in [3.05, 3.63) is 35.4 Å². The predicted molar refractivity (Wildman–Crippen MR) is 108 cm³/mol. The molecule has 1 saturated heterocycles. The first-order chi connectivity index (χ1) is 13.6. The maximum Gasteiger partial charge on any atom is 0.220 e. The topological polar surface area (TPSA) is 41.6 Å². The summed E-state index contributed by atoms with van der Waals surface area (Å²) < 4.78 is 32.2. The fourth-order valence-electron chi connectivity index (χ4n) is 3.80. The third-order valence-corrected chi connectivity index (χ3v) is 6.81. The van der Waals surface area contributed by atoms with Crippen molar-refractivity contribution in [2.24, 2.45) is 0 Å². The summed E-state index contributed by atoms with van der Waals surface area (Å²) in [6.07, 6.45) is 6.77. The first-order valence-electron chi connectivity index (χ1n) is 10.3. The third-order valence-electron chi connectivity index (χ3n) is 5.34. The van der Waals surface area contributed by atoms with Crippen LogP contribution < -0.4 is 5.32 Å². The fraction of sp³-hybridized carbons (Fsp3) is 0.667. The fourth-order valence-corrected chi connectivity index (χ4v) is 5.11. The van der Waals surface area contributed by atoms with Crippen LogP contribution in [0.1, 0.15) is 44.1 Å². The van der Waals surface area contributed by atoms with Crippen LogP contribution in [0.3, 0.4) is 0 Å². The molecular weight excluding hydrogens is 382 g/mol. The van der Waals surface area contributed by atoms with Gasteiger partial charge in [0.1, 0.15) is 0 Å². The number of hydrogen-bond donors (Lipinski definition) is 1. The lowest BCUT2D eigenvalue weighted by Crippen LogP contribution is -2.47. The smallest absolute Gasteiger partial charge is 0.220 e. The lowest BCUT2D eigenvalue weighted by molar-refractivity contribution is -0.122. The van der Waals surface area contributed by atoms with Crippen molar-refractivity contribution in [3.8, 4) is 0 Å². The van der Waals surface area contributed by atoms with Gasteiger partial charge in [-0.1, -0.05) is 18.9 Å². The summed E-state index contributed by atoms with van der Waals surface area (Å²) >= 11 is 2.01. The van der Waals surface area contributed by atoms with Gasteiger partial charge in [0.25, 0.3) is 0 Å². The van der Waals surface area contributed by atoms with Gasteiger partial charge in [0.15, 0.2) is 11.6 Å².